The molecule has 0 aromatic heterocycles. The third kappa shape index (κ3) is 2.95. The first-order chi connectivity index (χ1) is 13.3. The monoisotopic (exact) mass is 366 g/mol. The van der Waals surface area contributed by atoms with Crippen molar-refractivity contribution < 1.29 is 18.9 Å². The molecule has 3 aliphatic rings. The zero-order chi connectivity index (χ0) is 18.2. The Balaban J connectivity index is 1.36. The summed E-state index contributed by atoms with van der Waals surface area (Å²) in [5.41, 5.74) is 8.28. The molecule has 138 valence electrons. The van der Waals surface area contributed by atoms with Crippen molar-refractivity contribution in [2.45, 2.75) is 13.1 Å². The van der Waals surface area contributed by atoms with Crippen LogP contribution in [0.2, 0.25) is 0 Å². The Kier molecular flexibility index (Phi) is 3.67. The molecular formula is C19H18N4O4. The zero-order valence-electron chi connectivity index (χ0n) is 14.5. The van der Waals surface area contributed by atoms with E-state index in [2.05, 4.69) is 4.99 Å². The zero-order valence-corrected chi connectivity index (χ0v) is 14.5. The lowest BCUT2D eigenvalue weighted by molar-refractivity contribution is 0.0806. The van der Waals surface area contributed by atoms with Gasteiger partial charge in [0.15, 0.2) is 23.0 Å². The predicted molar refractivity (Wildman–Crippen MR) is 97.0 cm³/mol. The van der Waals surface area contributed by atoms with E-state index in [9.17, 15) is 0 Å². The van der Waals surface area contributed by atoms with E-state index in [1.54, 1.807) is 6.20 Å². The Morgan fingerprint density at radius 3 is 2.07 bits per heavy atom. The standard InChI is InChI=1S/C19H18N4O4/c20-19-21-5-6-22(9-13-1-3-15-17(7-13)26-11-24-15)23(19)10-14-2-4-16-18(8-14)27-12-25-16/h1-8H,9-12H2,(H2,20,21). The largest absolute Gasteiger partial charge is 0.454 e. The van der Waals surface area contributed by atoms with Crippen molar-refractivity contribution in [1.82, 2.24) is 10.0 Å². The second kappa shape index (κ2) is 6.31. The second-order valence-electron chi connectivity index (χ2n) is 6.32. The van der Waals surface area contributed by atoms with Gasteiger partial charge in [-0.2, -0.15) is 0 Å². The molecule has 0 spiro atoms. The van der Waals surface area contributed by atoms with Gasteiger partial charge in [-0.15, -0.1) is 0 Å². The number of hydrazine groups is 1. The number of benzene rings is 2. The van der Waals surface area contributed by atoms with E-state index in [4.69, 9.17) is 24.7 Å². The van der Waals surface area contributed by atoms with Crippen LogP contribution in [0.15, 0.2) is 53.8 Å². The Labute approximate surface area is 156 Å². The first kappa shape index (κ1) is 15.7. The number of guanidine groups is 1. The topological polar surface area (TPSA) is 81.8 Å². The number of fused-ring (bicyclic) bond motifs is 2. The van der Waals surface area contributed by atoms with Gasteiger partial charge in [0, 0.05) is 12.4 Å². The third-order valence-corrected chi connectivity index (χ3v) is 4.57. The molecule has 8 nitrogen and oxygen atoms in total. The molecule has 0 saturated heterocycles. The van der Waals surface area contributed by atoms with E-state index in [0.29, 0.717) is 19.0 Å². The van der Waals surface area contributed by atoms with E-state index >= 15 is 0 Å². The summed E-state index contributed by atoms with van der Waals surface area (Å²) in [5.74, 6) is 3.47. The van der Waals surface area contributed by atoms with Crippen molar-refractivity contribution in [3.8, 4) is 23.0 Å². The minimum absolute atomic E-state index is 0.255. The molecule has 0 atom stereocenters. The predicted octanol–water partition coefficient (Wildman–Crippen LogP) is 2.16. The number of rotatable bonds is 4. The van der Waals surface area contributed by atoms with Gasteiger partial charge in [-0.1, -0.05) is 12.1 Å². The van der Waals surface area contributed by atoms with Gasteiger partial charge < -0.3 is 24.7 Å². The minimum Gasteiger partial charge on any atom is -0.454 e. The van der Waals surface area contributed by atoms with Crippen LogP contribution in [-0.4, -0.2) is 29.6 Å². The quantitative estimate of drug-likeness (QED) is 0.888. The molecule has 2 aromatic carbocycles. The number of nitrogens with zero attached hydrogens (tertiary/aromatic N) is 3. The average molecular weight is 366 g/mol. The molecular weight excluding hydrogens is 348 g/mol. The molecule has 2 aromatic rings. The third-order valence-electron chi connectivity index (χ3n) is 4.57. The first-order valence-corrected chi connectivity index (χ1v) is 8.57. The maximum atomic E-state index is 6.16. The highest BCUT2D eigenvalue weighted by Gasteiger charge is 2.21. The van der Waals surface area contributed by atoms with E-state index in [1.807, 2.05) is 52.6 Å². The SMILES string of the molecule is NC1=NC=CN(Cc2ccc3c(c2)OCO3)N1Cc1ccc2c(c1)OCO2. The maximum Gasteiger partial charge on any atom is 0.231 e. The van der Waals surface area contributed by atoms with Crippen LogP contribution in [0.1, 0.15) is 11.1 Å². The molecule has 2 N–H and O–H groups in total. The minimum atomic E-state index is 0.255. The molecule has 3 heterocycles. The van der Waals surface area contributed by atoms with Gasteiger partial charge in [0.05, 0.1) is 13.1 Å². The van der Waals surface area contributed by atoms with Gasteiger partial charge in [-0.3, -0.25) is 5.01 Å². The molecule has 0 amide bonds. The van der Waals surface area contributed by atoms with Crippen molar-refractivity contribution in [2.75, 3.05) is 13.6 Å². The molecule has 0 fully saturated rings. The Hall–Kier alpha value is -3.55. The summed E-state index contributed by atoms with van der Waals surface area (Å²) in [7, 11) is 0. The van der Waals surface area contributed by atoms with Gasteiger partial charge in [-0.05, 0) is 35.4 Å². The number of aliphatic imine (C=N–C) groups is 1. The number of hydrogen-bond acceptors (Lipinski definition) is 8. The van der Waals surface area contributed by atoms with Crippen LogP contribution in [0, 0.1) is 0 Å². The lowest BCUT2D eigenvalue weighted by Crippen LogP contribution is -2.47. The highest BCUT2D eigenvalue weighted by molar-refractivity contribution is 5.79. The number of nitrogens with two attached hydrogens (primary N) is 1. The Morgan fingerprint density at radius 2 is 1.41 bits per heavy atom. The fourth-order valence-electron chi connectivity index (χ4n) is 3.21. The van der Waals surface area contributed by atoms with Crippen LogP contribution in [0.4, 0.5) is 0 Å². The molecule has 0 unspecified atom stereocenters. The van der Waals surface area contributed by atoms with E-state index < -0.39 is 0 Å². The average Bonchev–Trinajstić information content (AvgIpc) is 3.32. The van der Waals surface area contributed by atoms with Crippen molar-refractivity contribution in [1.29, 1.82) is 0 Å². The van der Waals surface area contributed by atoms with Gasteiger partial charge in [0.25, 0.3) is 0 Å². The molecule has 0 aliphatic carbocycles. The Morgan fingerprint density at radius 1 is 0.815 bits per heavy atom. The van der Waals surface area contributed by atoms with Crippen molar-refractivity contribution in [3.05, 3.63) is 59.9 Å². The van der Waals surface area contributed by atoms with Crippen LogP contribution in [0.5, 0.6) is 23.0 Å². The summed E-state index contributed by atoms with van der Waals surface area (Å²) in [5, 5.41) is 3.94. The summed E-state index contributed by atoms with van der Waals surface area (Å²) >= 11 is 0. The molecule has 3 aliphatic heterocycles. The van der Waals surface area contributed by atoms with E-state index in [-0.39, 0.29) is 13.6 Å². The Bertz CT molecular complexity index is 943. The number of hydrogen-bond donors (Lipinski definition) is 1. The highest BCUT2D eigenvalue weighted by Crippen LogP contribution is 2.34. The molecule has 0 bridgehead atoms. The normalized spacial score (nSPS) is 16.7. The van der Waals surface area contributed by atoms with Crippen molar-refractivity contribution in [2.24, 2.45) is 10.7 Å². The lowest BCUT2D eigenvalue weighted by atomic mass is 10.2. The van der Waals surface area contributed by atoms with Crippen LogP contribution in [-0.2, 0) is 13.1 Å². The highest BCUT2D eigenvalue weighted by atomic mass is 16.7. The van der Waals surface area contributed by atoms with Crippen LogP contribution < -0.4 is 24.7 Å². The molecule has 0 radical (unpaired) electrons. The number of ether oxygens (including phenoxy) is 4. The summed E-state index contributed by atoms with van der Waals surface area (Å²) in [6, 6.07) is 11.8. The molecule has 5 rings (SSSR count). The second-order valence-corrected chi connectivity index (χ2v) is 6.32. The first-order valence-electron chi connectivity index (χ1n) is 8.57. The van der Waals surface area contributed by atoms with Crippen molar-refractivity contribution in [3.63, 3.8) is 0 Å². The van der Waals surface area contributed by atoms with Crippen LogP contribution in [0.3, 0.4) is 0 Å². The summed E-state index contributed by atoms with van der Waals surface area (Å²) in [6.45, 7) is 1.69. The van der Waals surface area contributed by atoms with Gasteiger partial charge in [0.2, 0.25) is 19.5 Å². The maximum absolute atomic E-state index is 6.16. The summed E-state index contributed by atoms with van der Waals surface area (Å²) in [6.07, 6.45) is 3.59. The smallest absolute Gasteiger partial charge is 0.231 e. The van der Waals surface area contributed by atoms with Gasteiger partial charge in [-0.25, -0.2) is 10.0 Å². The van der Waals surface area contributed by atoms with Crippen LogP contribution in [0.25, 0.3) is 0 Å². The van der Waals surface area contributed by atoms with Crippen molar-refractivity contribution >= 4 is 5.96 Å². The summed E-state index contributed by atoms with van der Waals surface area (Å²) in [4.78, 5) is 4.23. The molecule has 0 saturated carbocycles. The molecule has 27 heavy (non-hydrogen) atoms. The van der Waals surface area contributed by atoms with E-state index in [0.717, 1.165) is 34.1 Å². The van der Waals surface area contributed by atoms with Gasteiger partial charge >= 0.3 is 0 Å². The van der Waals surface area contributed by atoms with E-state index in [1.165, 1.54) is 0 Å². The fourth-order valence-corrected chi connectivity index (χ4v) is 3.21. The summed E-state index contributed by atoms with van der Waals surface area (Å²) < 4.78 is 21.7. The lowest BCUT2D eigenvalue weighted by Gasteiger charge is -2.36. The van der Waals surface area contributed by atoms with Crippen LogP contribution >= 0.6 is 0 Å². The molecule has 8 heteroatoms. The fraction of sp³-hybridized carbons (Fsp3) is 0.211. The van der Waals surface area contributed by atoms with Gasteiger partial charge in [0.1, 0.15) is 0 Å².